The van der Waals surface area contributed by atoms with Crippen LogP contribution in [0.4, 0.5) is 0 Å². The predicted molar refractivity (Wildman–Crippen MR) is 86.3 cm³/mol. The van der Waals surface area contributed by atoms with E-state index in [1.807, 2.05) is 23.1 Å². The first kappa shape index (κ1) is 15.0. The van der Waals surface area contributed by atoms with E-state index in [-0.39, 0.29) is 17.6 Å². The van der Waals surface area contributed by atoms with Crippen LogP contribution in [0, 0.1) is 0 Å². The van der Waals surface area contributed by atoms with Gasteiger partial charge in [0, 0.05) is 24.9 Å². The van der Waals surface area contributed by atoms with Gasteiger partial charge in [0.25, 0.3) is 0 Å². The molecule has 1 atom stereocenters. The first-order chi connectivity index (χ1) is 11.3. The van der Waals surface area contributed by atoms with Crippen LogP contribution in [0.5, 0.6) is 5.75 Å². The zero-order chi connectivity index (χ0) is 15.7. The third kappa shape index (κ3) is 2.95. The molecule has 4 rings (SSSR count). The highest BCUT2D eigenvalue weighted by Gasteiger charge is 2.42. The van der Waals surface area contributed by atoms with Gasteiger partial charge >= 0.3 is 0 Å². The number of ether oxygens (including phenoxy) is 2. The van der Waals surface area contributed by atoms with Crippen LogP contribution >= 0.6 is 0 Å². The lowest BCUT2D eigenvalue weighted by Gasteiger charge is -2.39. The van der Waals surface area contributed by atoms with Gasteiger partial charge in [-0.05, 0) is 25.5 Å². The van der Waals surface area contributed by atoms with Crippen molar-refractivity contribution in [3.63, 3.8) is 0 Å². The summed E-state index contributed by atoms with van der Waals surface area (Å²) in [4.78, 5) is 15.0. The molecule has 2 saturated heterocycles. The second kappa shape index (κ2) is 6.13. The second-order valence-corrected chi connectivity index (χ2v) is 6.85. The van der Waals surface area contributed by atoms with Crippen LogP contribution in [0.15, 0.2) is 24.3 Å². The van der Waals surface area contributed by atoms with Gasteiger partial charge in [0.1, 0.15) is 11.4 Å². The van der Waals surface area contributed by atoms with Crippen molar-refractivity contribution in [2.75, 3.05) is 26.3 Å². The third-order valence-corrected chi connectivity index (χ3v) is 5.21. The Morgan fingerprint density at radius 1 is 1.26 bits per heavy atom. The number of carbonyl (C=O) groups excluding carboxylic acids is 1. The molecule has 23 heavy (non-hydrogen) atoms. The molecule has 3 aliphatic heterocycles. The van der Waals surface area contributed by atoms with Crippen molar-refractivity contribution in [3.05, 3.63) is 29.8 Å². The van der Waals surface area contributed by atoms with Crippen LogP contribution in [0.3, 0.4) is 0 Å². The second-order valence-electron chi connectivity index (χ2n) is 6.85. The molecule has 1 N–H and O–H groups in total. The molecule has 5 heteroatoms. The molecule has 5 nitrogen and oxygen atoms in total. The summed E-state index contributed by atoms with van der Waals surface area (Å²) in [6.07, 6.45) is 3.69. The lowest BCUT2D eigenvalue weighted by molar-refractivity contribution is -0.138. The van der Waals surface area contributed by atoms with Crippen molar-refractivity contribution in [1.82, 2.24) is 10.2 Å². The average molecular weight is 316 g/mol. The molecule has 0 aliphatic carbocycles. The molecule has 0 radical (unpaired) electrons. The number of para-hydroxylation sites is 1. The van der Waals surface area contributed by atoms with Crippen molar-refractivity contribution in [1.29, 1.82) is 0 Å². The Labute approximate surface area is 136 Å². The van der Waals surface area contributed by atoms with Crippen molar-refractivity contribution >= 4 is 5.91 Å². The SMILES string of the molecule is O=C(C1CCCN1)N1Cc2ccccc2OC2(CCOCC2)C1. The highest BCUT2D eigenvalue weighted by atomic mass is 16.5. The number of nitrogens with zero attached hydrogens (tertiary/aromatic N) is 1. The van der Waals surface area contributed by atoms with Gasteiger partial charge in [-0.1, -0.05) is 18.2 Å². The van der Waals surface area contributed by atoms with E-state index in [2.05, 4.69) is 11.4 Å². The lowest BCUT2D eigenvalue weighted by atomic mass is 9.93. The molecule has 1 spiro atoms. The standard InChI is InChI=1S/C18H24N2O3/c21-17(15-5-3-9-19-15)20-12-14-4-1-2-6-16(14)23-18(13-20)7-10-22-11-8-18/h1-2,4,6,15,19H,3,5,7-13H2. The van der Waals surface area contributed by atoms with Crippen LogP contribution in [-0.4, -0.2) is 48.8 Å². The van der Waals surface area contributed by atoms with Crippen molar-refractivity contribution in [3.8, 4) is 5.75 Å². The summed E-state index contributed by atoms with van der Waals surface area (Å²) in [6.45, 7) is 3.63. The van der Waals surface area contributed by atoms with Crippen molar-refractivity contribution in [2.24, 2.45) is 0 Å². The molecule has 1 aromatic carbocycles. The van der Waals surface area contributed by atoms with Gasteiger partial charge in [0.15, 0.2) is 0 Å². The van der Waals surface area contributed by atoms with E-state index in [0.717, 1.165) is 43.5 Å². The molecule has 124 valence electrons. The maximum Gasteiger partial charge on any atom is 0.240 e. The van der Waals surface area contributed by atoms with Crippen molar-refractivity contribution in [2.45, 2.75) is 43.9 Å². The Balaban J connectivity index is 1.64. The summed E-state index contributed by atoms with van der Waals surface area (Å²) < 4.78 is 12.0. The molecular formula is C18H24N2O3. The van der Waals surface area contributed by atoms with Crippen LogP contribution in [0.2, 0.25) is 0 Å². The summed E-state index contributed by atoms with van der Waals surface area (Å²) in [7, 11) is 0. The van der Waals surface area contributed by atoms with Crippen LogP contribution < -0.4 is 10.1 Å². The molecule has 0 saturated carbocycles. The number of rotatable bonds is 1. The highest BCUT2D eigenvalue weighted by molar-refractivity contribution is 5.82. The molecule has 2 fully saturated rings. The van der Waals surface area contributed by atoms with Gasteiger partial charge < -0.3 is 19.7 Å². The van der Waals surface area contributed by atoms with Crippen LogP contribution in [-0.2, 0) is 16.1 Å². The minimum Gasteiger partial charge on any atom is -0.485 e. The molecule has 0 aromatic heterocycles. The Morgan fingerprint density at radius 2 is 2.09 bits per heavy atom. The summed E-state index contributed by atoms with van der Waals surface area (Å²) >= 11 is 0. The van der Waals surface area contributed by atoms with Gasteiger partial charge in [-0.3, -0.25) is 4.79 Å². The minimum atomic E-state index is -0.306. The van der Waals surface area contributed by atoms with Crippen LogP contribution in [0.1, 0.15) is 31.2 Å². The fourth-order valence-corrected chi connectivity index (χ4v) is 3.88. The Hall–Kier alpha value is -1.59. The fraction of sp³-hybridized carbons (Fsp3) is 0.611. The van der Waals surface area contributed by atoms with E-state index in [9.17, 15) is 4.79 Å². The topological polar surface area (TPSA) is 50.8 Å². The zero-order valence-corrected chi connectivity index (χ0v) is 13.4. The molecule has 3 aliphatic rings. The van der Waals surface area contributed by atoms with E-state index >= 15 is 0 Å². The van der Waals surface area contributed by atoms with Gasteiger partial charge in [-0.15, -0.1) is 0 Å². The number of fused-ring (bicyclic) bond motifs is 1. The summed E-state index contributed by atoms with van der Waals surface area (Å²) in [5.41, 5.74) is 0.793. The Kier molecular flexibility index (Phi) is 3.99. The number of hydrogen-bond acceptors (Lipinski definition) is 4. The normalized spacial score (nSPS) is 26.4. The molecular weight excluding hydrogens is 292 g/mol. The average Bonchev–Trinajstić information content (AvgIpc) is 3.05. The van der Waals surface area contributed by atoms with E-state index < -0.39 is 0 Å². The number of amides is 1. The minimum absolute atomic E-state index is 0.0304. The molecule has 1 unspecified atom stereocenters. The van der Waals surface area contributed by atoms with E-state index in [0.29, 0.717) is 26.3 Å². The monoisotopic (exact) mass is 316 g/mol. The van der Waals surface area contributed by atoms with E-state index in [1.54, 1.807) is 0 Å². The van der Waals surface area contributed by atoms with E-state index in [4.69, 9.17) is 9.47 Å². The predicted octanol–water partition coefficient (Wildman–Crippen LogP) is 1.71. The number of benzene rings is 1. The smallest absolute Gasteiger partial charge is 0.240 e. The first-order valence-electron chi connectivity index (χ1n) is 8.63. The van der Waals surface area contributed by atoms with Gasteiger partial charge in [-0.2, -0.15) is 0 Å². The molecule has 1 amide bonds. The Morgan fingerprint density at radius 3 is 2.87 bits per heavy atom. The first-order valence-corrected chi connectivity index (χ1v) is 8.63. The van der Waals surface area contributed by atoms with Crippen molar-refractivity contribution < 1.29 is 14.3 Å². The zero-order valence-electron chi connectivity index (χ0n) is 13.4. The number of hydrogen-bond donors (Lipinski definition) is 1. The summed E-state index contributed by atoms with van der Waals surface area (Å²) in [5.74, 6) is 1.14. The maximum atomic E-state index is 13.0. The highest BCUT2D eigenvalue weighted by Crippen LogP contribution is 2.35. The van der Waals surface area contributed by atoms with Gasteiger partial charge in [-0.25, -0.2) is 0 Å². The lowest BCUT2D eigenvalue weighted by Crippen LogP contribution is -2.53. The van der Waals surface area contributed by atoms with Crippen LogP contribution in [0.25, 0.3) is 0 Å². The molecule has 0 bridgehead atoms. The third-order valence-electron chi connectivity index (χ3n) is 5.21. The Bertz CT molecular complexity index is 577. The fourth-order valence-electron chi connectivity index (χ4n) is 3.88. The van der Waals surface area contributed by atoms with Gasteiger partial charge in [0.2, 0.25) is 5.91 Å². The molecule has 1 aromatic rings. The largest absolute Gasteiger partial charge is 0.485 e. The maximum absolute atomic E-state index is 13.0. The number of carbonyl (C=O) groups is 1. The summed E-state index contributed by atoms with van der Waals surface area (Å²) in [5, 5.41) is 3.33. The molecule has 3 heterocycles. The number of nitrogens with one attached hydrogen (secondary N) is 1. The van der Waals surface area contributed by atoms with E-state index in [1.165, 1.54) is 0 Å². The quantitative estimate of drug-likeness (QED) is 0.857. The summed E-state index contributed by atoms with van der Waals surface area (Å²) in [6, 6.07) is 8.07. The van der Waals surface area contributed by atoms with Gasteiger partial charge in [0.05, 0.1) is 25.8 Å².